The smallest absolute Gasteiger partial charge is 0.249 e. The predicted molar refractivity (Wildman–Crippen MR) is 92.7 cm³/mol. The molecule has 1 amide bonds. The van der Waals surface area contributed by atoms with Gasteiger partial charge in [-0.1, -0.05) is 42.5 Å². The molecule has 24 heavy (non-hydrogen) atoms. The Labute approximate surface area is 142 Å². The van der Waals surface area contributed by atoms with Crippen molar-refractivity contribution in [2.45, 2.75) is 38.5 Å². The zero-order valence-corrected chi connectivity index (χ0v) is 13.7. The number of hydrogen-bond donors (Lipinski definition) is 1. The van der Waals surface area contributed by atoms with Crippen molar-refractivity contribution in [1.82, 2.24) is 5.32 Å². The van der Waals surface area contributed by atoms with E-state index in [0.29, 0.717) is 19.8 Å². The predicted octanol–water partition coefficient (Wildman–Crippen LogP) is 3.45. The lowest BCUT2D eigenvalue weighted by Crippen LogP contribution is -2.37. The van der Waals surface area contributed by atoms with Gasteiger partial charge >= 0.3 is 0 Å². The number of amides is 1. The van der Waals surface area contributed by atoms with Gasteiger partial charge < -0.3 is 14.8 Å². The summed E-state index contributed by atoms with van der Waals surface area (Å²) < 4.78 is 11.3. The zero-order chi connectivity index (χ0) is 16.6. The van der Waals surface area contributed by atoms with Crippen LogP contribution < -0.4 is 10.1 Å². The van der Waals surface area contributed by atoms with Gasteiger partial charge in [0.1, 0.15) is 18.5 Å². The first-order valence-electron chi connectivity index (χ1n) is 8.46. The molecule has 1 heterocycles. The Balaban J connectivity index is 1.50. The van der Waals surface area contributed by atoms with Gasteiger partial charge in [0.05, 0.1) is 0 Å². The Hall–Kier alpha value is -2.33. The maximum Gasteiger partial charge on any atom is 0.249 e. The van der Waals surface area contributed by atoms with Crippen LogP contribution in [0.2, 0.25) is 0 Å². The van der Waals surface area contributed by atoms with Crippen LogP contribution >= 0.6 is 0 Å². The van der Waals surface area contributed by atoms with E-state index in [1.165, 1.54) is 0 Å². The minimum Gasteiger partial charge on any atom is -0.489 e. The molecule has 0 aliphatic carbocycles. The molecule has 1 saturated heterocycles. The van der Waals surface area contributed by atoms with Gasteiger partial charge in [0.15, 0.2) is 0 Å². The van der Waals surface area contributed by atoms with Crippen molar-refractivity contribution in [2.24, 2.45) is 0 Å². The highest BCUT2D eigenvalue weighted by atomic mass is 16.5. The first-order valence-corrected chi connectivity index (χ1v) is 8.46. The Morgan fingerprint density at radius 1 is 1.08 bits per heavy atom. The minimum absolute atomic E-state index is 0.0229. The summed E-state index contributed by atoms with van der Waals surface area (Å²) in [5.41, 5.74) is 2.15. The lowest BCUT2D eigenvalue weighted by Gasteiger charge is -2.21. The number of ether oxygens (including phenoxy) is 2. The molecular weight excluding hydrogens is 302 g/mol. The van der Waals surface area contributed by atoms with Crippen LogP contribution in [0.25, 0.3) is 0 Å². The maximum atomic E-state index is 12.1. The second kappa shape index (κ2) is 8.50. The average Bonchev–Trinajstić information content (AvgIpc) is 2.66. The van der Waals surface area contributed by atoms with Crippen LogP contribution in [0, 0.1) is 0 Å². The third-order valence-electron chi connectivity index (χ3n) is 4.09. The summed E-state index contributed by atoms with van der Waals surface area (Å²) >= 11 is 0. The fourth-order valence-corrected chi connectivity index (χ4v) is 2.74. The van der Waals surface area contributed by atoms with Crippen LogP contribution in [0.3, 0.4) is 0 Å². The van der Waals surface area contributed by atoms with Gasteiger partial charge in [-0.3, -0.25) is 4.79 Å². The molecule has 1 atom stereocenters. The highest BCUT2D eigenvalue weighted by molar-refractivity contribution is 5.80. The summed E-state index contributed by atoms with van der Waals surface area (Å²) in [7, 11) is 0. The molecule has 1 fully saturated rings. The van der Waals surface area contributed by atoms with E-state index in [1.54, 1.807) is 0 Å². The lowest BCUT2D eigenvalue weighted by molar-refractivity contribution is -0.135. The molecule has 126 valence electrons. The Morgan fingerprint density at radius 2 is 1.92 bits per heavy atom. The number of hydrogen-bond acceptors (Lipinski definition) is 3. The standard InChI is InChI=1S/C20H23NO3/c22-20(19-11-4-5-12-23-19)21-14-17-9-6-10-18(13-17)24-15-16-7-2-1-3-8-16/h1-3,6-10,13,19H,4-5,11-12,14-15H2,(H,21,22). The first kappa shape index (κ1) is 16.5. The molecule has 3 rings (SSSR count). The summed E-state index contributed by atoms with van der Waals surface area (Å²) in [4.78, 5) is 12.1. The van der Waals surface area contributed by atoms with Gasteiger partial charge in [0, 0.05) is 13.2 Å². The highest BCUT2D eigenvalue weighted by Crippen LogP contribution is 2.16. The molecule has 0 spiro atoms. The monoisotopic (exact) mass is 325 g/mol. The molecule has 4 nitrogen and oxygen atoms in total. The fourth-order valence-electron chi connectivity index (χ4n) is 2.74. The largest absolute Gasteiger partial charge is 0.489 e. The number of benzene rings is 2. The molecule has 2 aromatic carbocycles. The molecule has 0 saturated carbocycles. The van der Waals surface area contributed by atoms with Crippen LogP contribution in [0.4, 0.5) is 0 Å². The fraction of sp³-hybridized carbons (Fsp3) is 0.350. The summed E-state index contributed by atoms with van der Waals surface area (Å²) in [5.74, 6) is 0.782. The van der Waals surface area contributed by atoms with Crippen LogP contribution in [0.1, 0.15) is 30.4 Å². The van der Waals surface area contributed by atoms with Crippen molar-refractivity contribution in [2.75, 3.05) is 6.61 Å². The van der Waals surface area contributed by atoms with Gasteiger partial charge in [0.2, 0.25) is 5.91 Å². The van der Waals surface area contributed by atoms with E-state index in [1.807, 2.05) is 54.6 Å². The van der Waals surface area contributed by atoms with Crippen LogP contribution in [0.15, 0.2) is 54.6 Å². The minimum atomic E-state index is -0.295. The molecule has 1 unspecified atom stereocenters. The summed E-state index contributed by atoms with van der Waals surface area (Å²) in [6.45, 7) is 1.70. The summed E-state index contributed by atoms with van der Waals surface area (Å²) in [5, 5.41) is 2.95. The first-order chi connectivity index (χ1) is 11.8. The van der Waals surface area contributed by atoms with Gasteiger partial charge in [-0.2, -0.15) is 0 Å². The van der Waals surface area contributed by atoms with Gasteiger partial charge in [-0.05, 0) is 42.5 Å². The summed E-state index contributed by atoms with van der Waals surface area (Å²) in [6.07, 6.45) is 2.62. The van der Waals surface area contributed by atoms with E-state index >= 15 is 0 Å². The summed E-state index contributed by atoms with van der Waals surface area (Å²) in [6, 6.07) is 17.9. The number of carbonyl (C=O) groups is 1. The Morgan fingerprint density at radius 3 is 2.71 bits per heavy atom. The average molecular weight is 325 g/mol. The molecular formula is C20H23NO3. The SMILES string of the molecule is O=C(NCc1cccc(OCc2ccccc2)c1)C1CCCCO1. The van der Waals surface area contributed by atoms with E-state index < -0.39 is 0 Å². The molecule has 0 radical (unpaired) electrons. The molecule has 4 heteroatoms. The van der Waals surface area contributed by atoms with E-state index in [2.05, 4.69) is 5.32 Å². The maximum absolute atomic E-state index is 12.1. The van der Waals surface area contributed by atoms with Crippen molar-refractivity contribution < 1.29 is 14.3 Å². The Bertz CT molecular complexity index is 651. The molecule has 1 aliphatic rings. The molecule has 0 aromatic heterocycles. The second-order valence-corrected chi connectivity index (χ2v) is 5.99. The third-order valence-corrected chi connectivity index (χ3v) is 4.09. The van der Waals surface area contributed by atoms with Crippen molar-refractivity contribution in [1.29, 1.82) is 0 Å². The normalized spacial score (nSPS) is 17.2. The van der Waals surface area contributed by atoms with E-state index in [-0.39, 0.29) is 12.0 Å². The highest BCUT2D eigenvalue weighted by Gasteiger charge is 2.21. The molecule has 2 aromatic rings. The van der Waals surface area contributed by atoms with Gasteiger partial charge in [-0.15, -0.1) is 0 Å². The van der Waals surface area contributed by atoms with Gasteiger partial charge in [0.25, 0.3) is 0 Å². The molecule has 1 N–H and O–H groups in total. The number of rotatable bonds is 6. The van der Waals surface area contributed by atoms with Crippen LogP contribution in [-0.4, -0.2) is 18.6 Å². The van der Waals surface area contributed by atoms with E-state index in [9.17, 15) is 4.79 Å². The van der Waals surface area contributed by atoms with Crippen molar-refractivity contribution in [3.8, 4) is 5.75 Å². The molecule has 1 aliphatic heterocycles. The van der Waals surface area contributed by atoms with Gasteiger partial charge in [-0.25, -0.2) is 0 Å². The van der Waals surface area contributed by atoms with Crippen molar-refractivity contribution in [3.63, 3.8) is 0 Å². The third kappa shape index (κ3) is 4.83. The van der Waals surface area contributed by atoms with Crippen molar-refractivity contribution in [3.05, 3.63) is 65.7 Å². The molecule has 0 bridgehead atoms. The lowest BCUT2D eigenvalue weighted by atomic mass is 10.1. The van der Waals surface area contributed by atoms with Crippen molar-refractivity contribution >= 4 is 5.91 Å². The topological polar surface area (TPSA) is 47.6 Å². The second-order valence-electron chi connectivity index (χ2n) is 5.99. The number of carbonyl (C=O) groups excluding carboxylic acids is 1. The van der Waals surface area contributed by atoms with E-state index in [0.717, 1.165) is 36.1 Å². The van der Waals surface area contributed by atoms with E-state index in [4.69, 9.17) is 9.47 Å². The van der Waals surface area contributed by atoms with Crippen LogP contribution in [0.5, 0.6) is 5.75 Å². The Kier molecular flexibility index (Phi) is 5.85. The quantitative estimate of drug-likeness (QED) is 0.885. The zero-order valence-electron chi connectivity index (χ0n) is 13.7. The number of nitrogens with one attached hydrogen (secondary N) is 1. The van der Waals surface area contributed by atoms with Crippen LogP contribution in [-0.2, 0) is 22.7 Å².